The molecule has 5 nitrogen and oxygen atoms in total. The number of carboxylic acids is 1. The van der Waals surface area contributed by atoms with E-state index in [1.807, 2.05) is 20.8 Å². The summed E-state index contributed by atoms with van der Waals surface area (Å²) in [5.74, 6) is -1.00. The minimum atomic E-state index is -1.00. The van der Waals surface area contributed by atoms with Gasteiger partial charge in [-0.15, -0.1) is 0 Å². The highest BCUT2D eigenvalue weighted by atomic mass is 16.4. The van der Waals surface area contributed by atoms with Gasteiger partial charge in [-0.1, -0.05) is 27.7 Å². The molecule has 19 heavy (non-hydrogen) atoms. The largest absolute Gasteiger partial charge is 0.480 e. The van der Waals surface area contributed by atoms with Crippen molar-refractivity contribution in [3.63, 3.8) is 0 Å². The number of carboxylic acid groups (broad SMARTS) is 1. The third kappa shape index (κ3) is 2.85. The van der Waals surface area contributed by atoms with E-state index in [4.69, 9.17) is 5.11 Å². The molecule has 0 radical (unpaired) electrons. The van der Waals surface area contributed by atoms with Gasteiger partial charge in [-0.2, -0.15) is 0 Å². The number of rotatable bonds is 3. The van der Waals surface area contributed by atoms with Crippen LogP contribution >= 0.6 is 0 Å². The van der Waals surface area contributed by atoms with Crippen molar-refractivity contribution < 1.29 is 14.7 Å². The van der Waals surface area contributed by atoms with Gasteiger partial charge in [-0.25, -0.2) is 4.79 Å². The molecule has 0 bridgehead atoms. The van der Waals surface area contributed by atoms with Crippen molar-refractivity contribution in [2.24, 2.45) is 10.8 Å². The quantitative estimate of drug-likeness (QED) is 0.827. The lowest BCUT2D eigenvalue weighted by Gasteiger charge is -2.34. The number of nitrogens with one attached hydrogen (secondary N) is 1. The normalized spacial score (nSPS) is 20.8. The molecule has 0 aliphatic heterocycles. The zero-order valence-electron chi connectivity index (χ0n) is 13.0. The van der Waals surface area contributed by atoms with Gasteiger partial charge in [0.1, 0.15) is 6.54 Å². The molecular weight excluding hydrogens is 244 g/mol. The van der Waals surface area contributed by atoms with Gasteiger partial charge in [0, 0.05) is 11.6 Å². The molecule has 0 atom stereocenters. The number of hydrogen-bond donors (Lipinski definition) is 2. The Morgan fingerprint density at radius 3 is 1.84 bits per heavy atom. The van der Waals surface area contributed by atoms with Crippen molar-refractivity contribution in [1.29, 1.82) is 0 Å². The van der Waals surface area contributed by atoms with Crippen molar-refractivity contribution in [3.05, 3.63) is 0 Å². The first kappa shape index (κ1) is 15.8. The fourth-order valence-electron chi connectivity index (χ4n) is 2.51. The molecule has 0 heterocycles. The Balaban J connectivity index is 2.78. The summed E-state index contributed by atoms with van der Waals surface area (Å²) in [7, 11) is 0. The summed E-state index contributed by atoms with van der Waals surface area (Å²) < 4.78 is 0. The van der Waals surface area contributed by atoms with E-state index in [-0.39, 0.29) is 29.4 Å². The van der Waals surface area contributed by atoms with E-state index in [0.717, 1.165) is 0 Å². The molecule has 5 heteroatoms. The van der Waals surface area contributed by atoms with E-state index in [1.54, 1.807) is 0 Å². The third-order valence-electron chi connectivity index (χ3n) is 4.64. The first-order chi connectivity index (χ1) is 8.31. The van der Waals surface area contributed by atoms with Gasteiger partial charge < -0.3 is 15.3 Å². The van der Waals surface area contributed by atoms with E-state index in [0.29, 0.717) is 0 Å². The lowest BCUT2D eigenvalue weighted by atomic mass is 10.0. The summed E-state index contributed by atoms with van der Waals surface area (Å²) in [6.07, 6.45) is 0. The number of nitrogens with zero attached hydrogens (tertiary/aromatic N) is 1. The van der Waals surface area contributed by atoms with Gasteiger partial charge >= 0.3 is 12.0 Å². The van der Waals surface area contributed by atoms with E-state index in [1.165, 1.54) is 4.90 Å². The monoisotopic (exact) mass is 270 g/mol. The molecule has 0 aromatic rings. The zero-order valence-corrected chi connectivity index (χ0v) is 13.0. The van der Waals surface area contributed by atoms with Gasteiger partial charge in [0.05, 0.1) is 0 Å². The number of amides is 2. The maximum Gasteiger partial charge on any atom is 0.323 e. The molecule has 0 saturated heterocycles. The molecule has 1 aliphatic rings. The number of carbonyl (C=O) groups is 2. The number of aliphatic carboxylic acids is 1. The Kier molecular flexibility index (Phi) is 3.65. The number of carbonyl (C=O) groups excluding carboxylic acids is 1. The SMILES string of the molecule is CC(C)(C)N(CC(=O)O)C(=O)NC1C(C)(C)C1(C)C. The van der Waals surface area contributed by atoms with Crippen LogP contribution in [-0.4, -0.2) is 40.1 Å². The van der Waals surface area contributed by atoms with Crippen LogP contribution in [0.1, 0.15) is 48.5 Å². The topological polar surface area (TPSA) is 69.6 Å². The highest BCUT2D eigenvalue weighted by Crippen LogP contribution is 2.62. The van der Waals surface area contributed by atoms with Crippen LogP contribution in [0.25, 0.3) is 0 Å². The molecular formula is C14H26N2O3. The van der Waals surface area contributed by atoms with Crippen LogP contribution in [0.4, 0.5) is 4.79 Å². The summed E-state index contributed by atoms with van der Waals surface area (Å²) >= 11 is 0. The molecule has 0 unspecified atom stereocenters. The van der Waals surface area contributed by atoms with Gasteiger partial charge in [0.2, 0.25) is 0 Å². The van der Waals surface area contributed by atoms with Crippen molar-refractivity contribution in [2.45, 2.75) is 60.0 Å². The predicted octanol–water partition coefficient (Wildman–Crippen LogP) is 2.32. The van der Waals surface area contributed by atoms with Crippen LogP contribution in [0.2, 0.25) is 0 Å². The third-order valence-corrected chi connectivity index (χ3v) is 4.64. The average Bonchev–Trinajstić information content (AvgIpc) is 2.55. The van der Waals surface area contributed by atoms with E-state index >= 15 is 0 Å². The molecule has 1 saturated carbocycles. The molecule has 1 rings (SSSR count). The van der Waals surface area contributed by atoms with Crippen molar-refractivity contribution in [1.82, 2.24) is 10.2 Å². The highest BCUT2D eigenvalue weighted by Gasteiger charge is 2.65. The lowest BCUT2D eigenvalue weighted by Crippen LogP contribution is -2.53. The minimum absolute atomic E-state index is 0.0371. The van der Waals surface area contributed by atoms with E-state index in [9.17, 15) is 9.59 Å². The van der Waals surface area contributed by atoms with Gasteiger partial charge in [-0.05, 0) is 31.6 Å². The molecule has 2 N–H and O–H groups in total. The summed E-state index contributed by atoms with van der Waals surface area (Å²) in [5.41, 5.74) is -0.448. The smallest absolute Gasteiger partial charge is 0.323 e. The number of urea groups is 1. The standard InChI is InChI=1S/C14H26N2O3/c1-12(2,3)16(8-9(17)18)11(19)15-10-13(4,5)14(10,6)7/h10H,8H2,1-7H3,(H,15,19)(H,17,18). The van der Waals surface area contributed by atoms with E-state index < -0.39 is 11.5 Å². The van der Waals surface area contributed by atoms with Crippen molar-refractivity contribution in [2.75, 3.05) is 6.54 Å². The first-order valence-electron chi connectivity index (χ1n) is 6.61. The fourth-order valence-corrected chi connectivity index (χ4v) is 2.51. The minimum Gasteiger partial charge on any atom is -0.480 e. The van der Waals surface area contributed by atoms with Crippen LogP contribution in [0.15, 0.2) is 0 Å². The molecule has 1 fully saturated rings. The van der Waals surface area contributed by atoms with Crippen LogP contribution in [-0.2, 0) is 4.79 Å². The average molecular weight is 270 g/mol. The summed E-state index contributed by atoms with van der Waals surface area (Å²) in [6, 6.07) is -0.232. The van der Waals surface area contributed by atoms with Gasteiger partial charge in [0.25, 0.3) is 0 Å². The Labute approximate surface area is 115 Å². The fraction of sp³-hybridized carbons (Fsp3) is 0.857. The Hall–Kier alpha value is -1.26. The molecule has 0 spiro atoms. The second-order valence-corrected chi connectivity index (χ2v) is 7.48. The summed E-state index contributed by atoms with van der Waals surface area (Å²) in [4.78, 5) is 24.6. The van der Waals surface area contributed by atoms with E-state index in [2.05, 4.69) is 33.0 Å². The summed E-state index contributed by atoms with van der Waals surface area (Å²) in [6.45, 7) is 13.6. The van der Waals surface area contributed by atoms with Crippen LogP contribution in [0.3, 0.4) is 0 Å². The molecule has 2 amide bonds. The van der Waals surface area contributed by atoms with Gasteiger partial charge in [0.15, 0.2) is 0 Å². The Bertz CT molecular complexity index is 380. The van der Waals surface area contributed by atoms with Crippen LogP contribution in [0, 0.1) is 10.8 Å². The van der Waals surface area contributed by atoms with Crippen LogP contribution < -0.4 is 5.32 Å². The maximum absolute atomic E-state index is 12.3. The molecule has 0 aromatic carbocycles. The van der Waals surface area contributed by atoms with Gasteiger partial charge in [-0.3, -0.25) is 4.79 Å². The lowest BCUT2D eigenvalue weighted by molar-refractivity contribution is -0.138. The zero-order chi connectivity index (χ0) is 15.2. The summed E-state index contributed by atoms with van der Waals surface area (Å²) in [5, 5.41) is 11.9. The van der Waals surface area contributed by atoms with Crippen molar-refractivity contribution >= 4 is 12.0 Å². The predicted molar refractivity (Wildman–Crippen MR) is 74.0 cm³/mol. The highest BCUT2D eigenvalue weighted by molar-refractivity contribution is 5.81. The molecule has 0 aromatic heterocycles. The molecule has 110 valence electrons. The van der Waals surface area contributed by atoms with Crippen LogP contribution in [0.5, 0.6) is 0 Å². The Morgan fingerprint density at radius 1 is 1.16 bits per heavy atom. The first-order valence-corrected chi connectivity index (χ1v) is 6.61. The van der Waals surface area contributed by atoms with Crippen molar-refractivity contribution in [3.8, 4) is 0 Å². The second kappa shape index (κ2) is 4.39. The number of hydrogen-bond acceptors (Lipinski definition) is 2. The Morgan fingerprint density at radius 2 is 1.58 bits per heavy atom. The molecule has 1 aliphatic carbocycles. The second-order valence-electron chi connectivity index (χ2n) is 7.48. The maximum atomic E-state index is 12.3.